The van der Waals surface area contributed by atoms with Crippen LogP contribution in [-0.2, 0) is 6.54 Å². The molecule has 2 N–H and O–H groups in total. The molecule has 4 nitrogen and oxygen atoms in total. The second-order valence-corrected chi connectivity index (χ2v) is 5.02. The summed E-state index contributed by atoms with van der Waals surface area (Å²) in [6.45, 7) is 1.27. The molecule has 2 amide bonds. The number of urea groups is 1. The maximum Gasteiger partial charge on any atom is 0.317 e. The van der Waals surface area contributed by atoms with E-state index < -0.39 is 0 Å². The first-order valence-corrected chi connectivity index (χ1v) is 6.36. The highest BCUT2D eigenvalue weighted by molar-refractivity contribution is 5.73. The molecule has 0 atom stereocenters. The predicted molar refractivity (Wildman–Crippen MR) is 70.0 cm³/mol. The molecule has 4 heteroatoms. The Kier molecular flexibility index (Phi) is 4.20. The topological polar surface area (TPSA) is 52.6 Å². The second kappa shape index (κ2) is 5.87. The van der Waals surface area contributed by atoms with Crippen LogP contribution in [0.3, 0.4) is 0 Å². The zero-order valence-electron chi connectivity index (χ0n) is 10.7. The van der Waals surface area contributed by atoms with Gasteiger partial charge in [-0.3, -0.25) is 0 Å². The van der Waals surface area contributed by atoms with Gasteiger partial charge < -0.3 is 15.3 Å². The van der Waals surface area contributed by atoms with Crippen molar-refractivity contribution in [3.8, 4) is 0 Å². The number of nitrogens with zero attached hydrogens (tertiary/aromatic N) is 1. The minimum atomic E-state index is -0.157. The van der Waals surface area contributed by atoms with Gasteiger partial charge >= 0.3 is 6.03 Å². The molecule has 18 heavy (non-hydrogen) atoms. The fourth-order valence-corrected chi connectivity index (χ4v) is 2.23. The summed E-state index contributed by atoms with van der Waals surface area (Å²) < 4.78 is 0. The first-order valence-electron chi connectivity index (χ1n) is 6.36. The summed E-state index contributed by atoms with van der Waals surface area (Å²) in [6.07, 6.45) is 1.47. The molecule has 1 aromatic rings. The maximum atomic E-state index is 11.8. The van der Waals surface area contributed by atoms with Crippen LogP contribution in [0.2, 0.25) is 0 Å². The van der Waals surface area contributed by atoms with Gasteiger partial charge in [0.05, 0.1) is 6.10 Å². The zero-order chi connectivity index (χ0) is 13.0. The van der Waals surface area contributed by atoms with E-state index in [-0.39, 0.29) is 12.1 Å². The predicted octanol–water partition coefficient (Wildman–Crippen LogP) is 1.60. The van der Waals surface area contributed by atoms with Crippen molar-refractivity contribution >= 4 is 6.03 Å². The highest BCUT2D eigenvalue weighted by Crippen LogP contribution is 2.27. The molecular weight excluding hydrogens is 228 g/mol. The first kappa shape index (κ1) is 12.9. The van der Waals surface area contributed by atoms with Crippen molar-refractivity contribution in [3.05, 3.63) is 35.9 Å². The number of aliphatic hydroxyl groups excluding tert-OH is 1. The summed E-state index contributed by atoms with van der Waals surface area (Å²) in [7, 11) is 1.80. The van der Waals surface area contributed by atoms with E-state index in [4.69, 9.17) is 0 Å². The van der Waals surface area contributed by atoms with Gasteiger partial charge in [-0.2, -0.15) is 0 Å². The van der Waals surface area contributed by atoms with Gasteiger partial charge in [0.2, 0.25) is 0 Å². The van der Waals surface area contributed by atoms with Gasteiger partial charge in [-0.25, -0.2) is 4.79 Å². The monoisotopic (exact) mass is 248 g/mol. The highest BCUT2D eigenvalue weighted by atomic mass is 16.3. The SMILES string of the molecule is CN(CC1CC(O)C1)C(=O)NCc1ccccc1. The molecule has 1 saturated carbocycles. The van der Waals surface area contributed by atoms with Crippen LogP contribution >= 0.6 is 0 Å². The third kappa shape index (κ3) is 3.47. The Labute approximate surface area is 108 Å². The van der Waals surface area contributed by atoms with E-state index in [1.54, 1.807) is 11.9 Å². The molecule has 0 spiro atoms. The summed E-state index contributed by atoms with van der Waals surface area (Å²) in [6, 6.07) is 9.80. The van der Waals surface area contributed by atoms with Crippen LogP contribution < -0.4 is 5.32 Å². The van der Waals surface area contributed by atoms with Gasteiger partial charge in [0, 0.05) is 20.1 Å². The number of carbonyl (C=O) groups is 1. The van der Waals surface area contributed by atoms with E-state index in [2.05, 4.69) is 5.32 Å². The molecule has 1 aliphatic carbocycles. The summed E-state index contributed by atoms with van der Waals surface area (Å²) in [5.41, 5.74) is 1.10. The van der Waals surface area contributed by atoms with Crippen LogP contribution in [0.4, 0.5) is 4.79 Å². The van der Waals surface area contributed by atoms with Gasteiger partial charge in [0.15, 0.2) is 0 Å². The van der Waals surface area contributed by atoms with E-state index >= 15 is 0 Å². The van der Waals surface area contributed by atoms with Crippen LogP contribution in [0.5, 0.6) is 0 Å². The van der Waals surface area contributed by atoms with Crippen LogP contribution in [0.15, 0.2) is 30.3 Å². The average molecular weight is 248 g/mol. The van der Waals surface area contributed by atoms with E-state index in [1.807, 2.05) is 30.3 Å². The Morgan fingerprint density at radius 1 is 1.39 bits per heavy atom. The molecule has 1 aromatic carbocycles. The largest absolute Gasteiger partial charge is 0.393 e. The van der Waals surface area contributed by atoms with Crippen molar-refractivity contribution < 1.29 is 9.90 Å². The molecule has 0 unspecified atom stereocenters. The average Bonchev–Trinajstić information content (AvgIpc) is 2.35. The minimum Gasteiger partial charge on any atom is -0.393 e. The number of amides is 2. The van der Waals surface area contributed by atoms with E-state index in [9.17, 15) is 9.90 Å². The maximum absolute atomic E-state index is 11.8. The number of rotatable bonds is 4. The van der Waals surface area contributed by atoms with Crippen molar-refractivity contribution in [2.45, 2.75) is 25.5 Å². The Balaban J connectivity index is 1.71. The minimum absolute atomic E-state index is 0.0553. The number of hydrogen-bond donors (Lipinski definition) is 2. The Morgan fingerprint density at radius 3 is 2.67 bits per heavy atom. The van der Waals surface area contributed by atoms with E-state index in [0.29, 0.717) is 12.5 Å². The quantitative estimate of drug-likeness (QED) is 0.850. The Morgan fingerprint density at radius 2 is 2.06 bits per heavy atom. The molecule has 1 aliphatic rings. The Bertz CT molecular complexity index is 388. The lowest BCUT2D eigenvalue weighted by Crippen LogP contribution is -2.43. The molecular formula is C14H20N2O2. The second-order valence-electron chi connectivity index (χ2n) is 5.02. The lowest BCUT2D eigenvalue weighted by molar-refractivity contribution is 0.0325. The summed E-state index contributed by atoms with van der Waals surface area (Å²) in [5, 5.41) is 12.1. The third-order valence-electron chi connectivity index (χ3n) is 3.38. The zero-order valence-corrected chi connectivity index (χ0v) is 10.7. The molecule has 0 heterocycles. The lowest BCUT2D eigenvalue weighted by Gasteiger charge is -2.34. The molecule has 1 fully saturated rings. The van der Waals surface area contributed by atoms with Crippen molar-refractivity contribution in [1.29, 1.82) is 0 Å². The summed E-state index contributed by atoms with van der Waals surface area (Å²) in [4.78, 5) is 13.5. The highest BCUT2D eigenvalue weighted by Gasteiger charge is 2.28. The molecule has 0 aromatic heterocycles. The van der Waals surface area contributed by atoms with Crippen LogP contribution in [0.1, 0.15) is 18.4 Å². The molecule has 0 saturated heterocycles. The van der Waals surface area contributed by atoms with Gasteiger partial charge in [-0.1, -0.05) is 30.3 Å². The van der Waals surface area contributed by atoms with E-state index in [1.165, 1.54) is 0 Å². The lowest BCUT2D eigenvalue weighted by atomic mass is 9.82. The molecule has 2 rings (SSSR count). The van der Waals surface area contributed by atoms with Crippen molar-refractivity contribution in [2.75, 3.05) is 13.6 Å². The van der Waals surface area contributed by atoms with Crippen LogP contribution in [0.25, 0.3) is 0 Å². The number of carbonyl (C=O) groups excluding carboxylic acids is 1. The van der Waals surface area contributed by atoms with Gasteiger partial charge in [0.1, 0.15) is 0 Å². The van der Waals surface area contributed by atoms with E-state index in [0.717, 1.165) is 24.9 Å². The molecule has 0 radical (unpaired) electrons. The fourth-order valence-electron chi connectivity index (χ4n) is 2.23. The van der Waals surface area contributed by atoms with Crippen molar-refractivity contribution in [1.82, 2.24) is 10.2 Å². The number of benzene rings is 1. The molecule has 98 valence electrons. The van der Waals surface area contributed by atoms with Crippen LogP contribution in [-0.4, -0.2) is 35.7 Å². The smallest absolute Gasteiger partial charge is 0.317 e. The summed E-state index contributed by atoms with van der Waals surface area (Å²) >= 11 is 0. The van der Waals surface area contributed by atoms with Gasteiger partial charge in [0.25, 0.3) is 0 Å². The normalized spacial score (nSPS) is 22.1. The molecule has 0 bridgehead atoms. The molecule has 0 aliphatic heterocycles. The Hall–Kier alpha value is -1.55. The standard InChI is InChI=1S/C14H20N2O2/c1-16(10-12-7-13(17)8-12)14(18)15-9-11-5-3-2-4-6-11/h2-6,12-13,17H,7-10H2,1H3,(H,15,18). The van der Waals surface area contributed by atoms with Crippen LogP contribution in [0, 0.1) is 5.92 Å². The van der Waals surface area contributed by atoms with Gasteiger partial charge in [-0.05, 0) is 24.3 Å². The van der Waals surface area contributed by atoms with Crippen molar-refractivity contribution in [3.63, 3.8) is 0 Å². The third-order valence-corrected chi connectivity index (χ3v) is 3.38. The number of hydrogen-bond acceptors (Lipinski definition) is 2. The number of nitrogens with one attached hydrogen (secondary N) is 1. The summed E-state index contributed by atoms with van der Waals surface area (Å²) in [5.74, 6) is 0.451. The van der Waals surface area contributed by atoms with Gasteiger partial charge in [-0.15, -0.1) is 0 Å². The fraction of sp³-hybridized carbons (Fsp3) is 0.500. The number of aliphatic hydroxyl groups is 1. The van der Waals surface area contributed by atoms with Crippen molar-refractivity contribution in [2.24, 2.45) is 5.92 Å². The first-order chi connectivity index (χ1) is 8.65.